The van der Waals surface area contributed by atoms with Gasteiger partial charge in [0.15, 0.2) is 0 Å². The Labute approximate surface area is 153 Å². The van der Waals surface area contributed by atoms with E-state index in [4.69, 9.17) is 9.47 Å². The molecule has 0 bridgehead atoms. The number of halogens is 3. The van der Waals surface area contributed by atoms with Crippen LogP contribution in [0, 0.1) is 0 Å². The summed E-state index contributed by atoms with van der Waals surface area (Å²) in [5.41, 5.74) is 1.87. The number of H-pyrrole nitrogens is 1. The lowest BCUT2D eigenvalue weighted by Gasteiger charge is -2.10. The summed E-state index contributed by atoms with van der Waals surface area (Å²) < 4.78 is 48.4. The minimum atomic E-state index is -4.41. The number of carbonyl (C=O) groups excluding carboxylic acids is 1. The molecule has 7 heteroatoms. The molecule has 27 heavy (non-hydrogen) atoms. The maximum Gasteiger partial charge on any atom is 0.416 e. The minimum Gasteiger partial charge on any atom is -0.497 e. The monoisotopic (exact) mass is 375 g/mol. The van der Waals surface area contributed by atoms with E-state index < -0.39 is 17.7 Å². The Morgan fingerprint density at radius 2 is 1.52 bits per heavy atom. The zero-order chi connectivity index (χ0) is 19.6. The van der Waals surface area contributed by atoms with Gasteiger partial charge in [-0.2, -0.15) is 13.2 Å². The van der Waals surface area contributed by atoms with Gasteiger partial charge < -0.3 is 14.5 Å². The van der Waals surface area contributed by atoms with Crippen LogP contribution >= 0.6 is 0 Å². The van der Waals surface area contributed by atoms with Crippen LogP contribution in [0.2, 0.25) is 0 Å². The molecule has 0 unspecified atom stereocenters. The summed E-state index contributed by atoms with van der Waals surface area (Å²) in [6.45, 7) is 0. The van der Waals surface area contributed by atoms with Gasteiger partial charge in [-0.3, -0.25) is 0 Å². The fourth-order valence-electron chi connectivity index (χ4n) is 2.81. The van der Waals surface area contributed by atoms with Crippen molar-refractivity contribution in [3.8, 4) is 28.0 Å². The molecule has 3 aromatic rings. The largest absolute Gasteiger partial charge is 0.497 e. The number of hydrogen-bond acceptors (Lipinski definition) is 3. The van der Waals surface area contributed by atoms with Gasteiger partial charge in [-0.15, -0.1) is 0 Å². The quantitative estimate of drug-likeness (QED) is 0.641. The molecule has 0 aliphatic rings. The average Bonchev–Trinajstić information content (AvgIpc) is 3.12. The van der Waals surface area contributed by atoms with Gasteiger partial charge in [-0.05, 0) is 35.4 Å². The second-order valence-electron chi connectivity index (χ2n) is 5.75. The molecule has 0 atom stereocenters. The zero-order valence-corrected chi connectivity index (χ0v) is 14.6. The third-order valence-electron chi connectivity index (χ3n) is 4.17. The maximum absolute atomic E-state index is 12.8. The van der Waals surface area contributed by atoms with E-state index in [0.29, 0.717) is 28.0 Å². The lowest BCUT2D eigenvalue weighted by molar-refractivity contribution is -0.137. The molecule has 0 spiro atoms. The first-order chi connectivity index (χ1) is 12.8. The van der Waals surface area contributed by atoms with Crippen molar-refractivity contribution in [3.05, 3.63) is 66.0 Å². The van der Waals surface area contributed by atoms with E-state index in [1.54, 1.807) is 37.6 Å². The number of carbonyl (C=O) groups is 1. The van der Waals surface area contributed by atoms with Crippen LogP contribution in [0.25, 0.3) is 22.3 Å². The standard InChI is InChI=1S/C20H16F3NO3/c1-26-15-9-5-13(6-10-15)17-16(11-24-18(17)19(25)27-2)12-3-7-14(8-4-12)20(21,22)23/h3-11,24H,1-2H3. The third kappa shape index (κ3) is 3.67. The van der Waals surface area contributed by atoms with E-state index in [-0.39, 0.29) is 5.69 Å². The summed E-state index contributed by atoms with van der Waals surface area (Å²) in [7, 11) is 2.80. The highest BCUT2D eigenvalue weighted by atomic mass is 19.4. The Hall–Kier alpha value is -3.22. The molecule has 1 aromatic heterocycles. The van der Waals surface area contributed by atoms with Crippen molar-refractivity contribution in [2.24, 2.45) is 0 Å². The van der Waals surface area contributed by atoms with Gasteiger partial charge in [0.2, 0.25) is 0 Å². The number of benzene rings is 2. The summed E-state index contributed by atoms with van der Waals surface area (Å²) in [5, 5.41) is 0. The molecule has 0 aliphatic heterocycles. The van der Waals surface area contributed by atoms with Crippen molar-refractivity contribution in [2.45, 2.75) is 6.18 Å². The Balaban J connectivity index is 2.13. The number of aromatic nitrogens is 1. The predicted molar refractivity (Wildman–Crippen MR) is 94.6 cm³/mol. The van der Waals surface area contributed by atoms with Crippen LogP contribution in [0.5, 0.6) is 5.75 Å². The van der Waals surface area contributed by atoms with E-state index >= 15 is 0 Å². The third-order valence-corrected chi connectivity index (χ3v) is 4.17. The number of alkyl halides is 3. The highest BCUT2D eigenvalue weighted by Gasteiger charge is 2.30. The summed E-state index contributed by atoms with van der Waals surface area (Å²) in [4.78, 5) is 15.0. The van der Waals surface area contributed by atoms with Crippen LogP contribution in [0.4, 0.5) is 13.2 Å². The number of hydrogen-bond donors (Lipinski definition) is 1. The number of esters is 1. The fourth-order valence-corrected chi connectivity index (χ4v) is 2.81. The van der Waals surface area contributed by atoms with Crippen LogP contribution in [-0.4, -0.2) is 25.2 Å². The van der Waals surface area contributed by atoms with E-state index in [1.165, 1.54) is 19.2 Å². The minimum absolute atomic E-state index is 0.220. The Morgan fingerprint density at radius 1 is 0.926 bits per heavy atom. The van der Waals surface area contributed by atoms with Crippen molar-refractivity contribution in [3.63, 3.8) is 0 Å². The van der Waals surface area contributed by atoms with Crippen molar-refractivity contribution >= 4 is 5.97 Å². The predicted octanol–water partition coefficient (Wildman–Crippen LogP) is 5.16. The Morgan fingerprint density at radius 3 is 2.04 bits per heavy atom. The molecule has 0 saturated heterocycles. The summed E-state index contributed by atoms with van der Waals surface area (Å²) >= 11 is 0. The van der Waals surface area contributed by atoms with Gasteiger partial charge in [0, 0.05) is 17.3 Å². The molecule has 0 fully saturated rings. The molecular weight excluding hydrogens is 359 g/mol. The smallest absolute Gasteiger partial charge is 0.416 e. The van der Waals surface area contributed by atoms with Crippen LogP contribution in [0.1, 0.15) is 16.1 Å². The molecule has 0 radical (unpaired) electrons. The number of nitrogens with one attached hydrogen (secondary N) is 1. The molecule has 0 aliphatic carbocycles. The first-order valence-electron chi connectivity index (χ1n) is 7.97. The number of rotatable bonds is 4. The van der Waals surface area contributed by atoms with Gasteiger partial charge >= 0.3 is 12.1 Å². The highest BCUT2D eigenvalue weighted by molar-refractivity contribution is 6.01. The molecule has 2 aromatic carbocycles. The van der Waals surface area contributed by atoms with E-state index in [0.717, 1.165) is 12.1 Å². The molecule has 0 saturated carbocycles. The van der Waals surface area contributed by atoms with Crippen molar-refractivity contribution in [1.82, 2.24) is 4.98 Å². The van der Waals surface area contributed by atoms with Crippen molar-refractivity contribution < 1.29 is 27.4 Å². The molecule has 3 rings (SSSR count). The second kappa shape index (κ2) is 7.19. The lowest BCUT2D eigenvalue weighted by atomic mass is 9.96. The van der Waals surface area contributed by atoms with E-state index in [9.17, 15) is 18.0 Å². The Bertz CT molecular complexity index is 942. The zero-order valence-electron chi connectivity index (χ0n) is 14.6. The van der Waals surface area contributed by atoms with E-state index in [2.05, 4.69) is 4.98 Å². The lowest BCUT2D eigenvalue weighted by Crippen LogP contribution is -2.04. The molecular formula is C20H16F3NO3. The summed E-state index contributed by atoms with van der Waals surface area (Å²) in [5.74, 6) is 0.0731. The average molecular weight is 375 g/mol. The first kappa shape index (κ1) is 18.6. The van der Waals surface area contributed by atoms with Crippen molar-refractivity contribution in [2.75, 3.05) is 14.2 Å². The fraction of sp³-hybridized carbons (Fsp3) is 0.150. The van der Waals surface area contributed by atoms with Gasteiger partial charge in [0.1, 0.15) is 11.4 Å². The number of aromatic amines is 1. The van der Waals surface area contributed by atoms with Gasteiger partial charge in [-0.1, -0.05) is 24.3 Å². The molecule has 1 N–H and O–H groups in total. The number of methoxy groups -OCH3 is 2. The topological polar surface area (TPSA) is 51.3 Å². The van der Waals surface area contributed by atoms with Crippen molar-refractivity contribution in [1.29, 1.82) is 0 Å². The van der Waals surface area contributed by atoms with Crippen LogP contribution < -0.4 is 4.74 Å². The van der Waals surface area contributed by atoms with Gasteiger partial charge in [0.05, 0.1) is 19.8 Å². The SMILES string of the molecule is COC(=O)c1[nH]cc(-c2ccc(C(F)(F)F)cc2)c1-c1ccc(OC)cc1. The molecule has 1 heterocycles. The molecule has 0 amide bonds. The number of ether oxygens (including phenoxy) is 2. The normalized spacial score (nSPS) is 11.3. The maximum atomic E-state index is 12.8. The van der Waals surface area contributed by atoms with Gasteiger partial charge in [-0.25, -0.2) is 4.79 Å². The summed E-state index contributed by atoms with van der Waals surface area (Å²) in [6, 6.07) is 11.8. The second-order valence-corrected chi connectivity index (χ2v) is 5.75. The Kier molecular flexibility index (Phi) is 4.94. The van der Waals surface area contributed by atoms with Crippen LogP contribution in [-0.2, 0) is 10.9 Å². The molecule has 4 nitrogen and oxygen atoms in total. The van der Waals surface area contributed by atoms with Gasteiger partial charge in [0.25, 0.3) is 0 Å². The van der Waals surface area contributed by atoms with E-state index in [1.807, 2.05) is 0 Å². The highest BCUT2D eigenvalue weighted by Crippen LogP contribution is 2.37. The first-order valence-corrected chi connectivity index (χ1v) is 7.97. The van der Waals surface area contributed by atoms with Crippen LogP contribution in [0.3, 0.4) is 0 Å². The van der Waals surface area contributed by atoms with Crippen LogP contribution in [0.15, 0.2) is 54.7 Å². The molecule has 140 valence electrons. The summed E-state index contributed by atoms with van der Waals surface area (Å²) in [6.07, 6.45) is -2.83.